The number of nitrogens with one attached hydrogen (secondary N) is 2. The molecule has 1 saturated heterocycles. The first-order valence-electron chi connectivity index (χ1n) is 12.1. The topological polar surface area (TPSA) is 131 Å². The molecule has 1 aromatic rings. The predicted molar refractivity (Wildman–Crippen MR) is 137 cm³/mol. The highest BCUT2D eigenvalue weighted by Gasteiger charge is 2.31. The van der Waals surface area contributed by atoms with E-state index >= 15 is 0 Å². The molecule has 3 aliphatic rings. The molecule has 9 heteroatoms. The van der Waals surface area contributed by atoms with Crippen molar-refractivity contribution in [2.75, 3.05) is 44.8 Å². The highest BCUT2D eigenvalue weighted by molar-refractivity contribution is 6.12. The summed E-state index contributed by atoms with van der Waals surface area (Å²) in [5, 5.41) is 22.7. The summed E-state index contributed by atoms with van der Waals surface area (Å²) >= 11 is 0. The van der Waals surface area contributed by atoms with Crippen LogP contribution in [-0.2, 0) is 16.0 Å². The van der Waals surface area contributed by atoms with Crippen LogP contribution in [0.25, 0.3) is 5.57 Å². The highest BCUT2D eigenvalue weighted by atomic mass is 16.5. The van der Waals surface area contributed by atoms with E-state index in [9.17, 15) is 15.5 Å². The van der Waals surface area contributed by atoms with Crippen LogP contribution in [0.5, 0.6) is 0 Å². The molecule has 9 nitrogen and oxygen atoms in total. The molecule has 1 aromatic carbocycles. The number of fused-ring (bicyclic) bond motifs is 1. The van der Waals surface area contributed by atoms with E-state index in [1.807, 2.05) is 17.0 Å². The average Bonchev–Trinajstić information content (AvgIpc) is 3.39. The number of rotatable bonds is 5. The summed E-state index contributed by atoms with van der Waals surface area (Å²) in [5.41, 5.74) is 11.5. The van der Waals surface area contributed by atoms with Crippen LogP contribution in [-0.4, -0.2) is 68.8 Å². The van der Waals surface area contributed by atoms with E-state index < -0.39 is 0 Å². The highest BCUT2D eigenvalue weighted by Crippen LogP contribution is 2.34. The van der Waals surface area contributed by atoms with Crippen molar-refractivity contribution in [1.82, 2.24) is 10.2 Å². The number of benzene rings is 1. The van der Waals surface area contributed by atoms with E-state index in [-0.39, 0.29) is 11.9 Å². The third-order valence-electron chi connectivity index (χ3n) is 6.87. The van der Waals surface area contributed by atoms with Crippen LogP contribution < -0.4 is 16.0 Å². The molecule has 4 rings (SSSR count). The number of nitrogens with zero attached hydrogens (tertiary/aromatic N) is 4. The standard InChI is InChI=1S/C26H33N7O2/c1-17(34)32-8-5-24(31-21-6-9-35-16-21)23(15-32)26(29)33-7-3-4-18-10-22(20(13-28)14-30-2)19(12-27)11-25(18)33/h10-11,13-14,21,29,31H,3-9,15-16,28H2,1-2H3/t21-/m0/s1. The molecule has 1 fully saturated rings. The SMILES string of the molecule is CN=CC(=CN)c1cc2c(cc1C#N)N(C(=N)C1=C(N[C@H]3CCOC3)CCN(C(C)=O)C1)CCC2. The molecule has 1 amide bonds. The Bertz CT molecular complexity index is 1140. The van der Waals surface area contributed by atoms with Gasteiger partial charge in [-0.05, 0) is 37.0 Å². The lowest BCUT2D eigenvalue weighted by molar-refractivity contribution is -0.128. The van der Waals surface area contributed by atoms with Crippen LogP contribution in [0.15, 0.2) is 34.6 Å². The Morgan fingerprint density at radius 3 is 2.86 bits per heavy atom. The molecular formula is C26H33N7O2. The summed E-state index contributed by atoms with van der Waals surface area (Å²) in [6.45, 7) is 4.66. The quantitative estimate of drug-likeness (QED) is 0.442. The van der Waals surface area contributed by atoms with Gasteiger partial charge in [-0.3, -0.25) is 15.2 Å². The van der Waals surface area contributed by atoms with Gasteiger partial charge >= 0.3 is 0 Å². The molecule has 184 valence electrons. The number of carbonyl (C=O) groups is 1. The van der Waals surface area contributed by atoms with Gasteiger partial charge in [0.1, 0.15) is 5.84 Å². The number of aliphatic imine (C=N–C) groups is 1. The zero-order valence-corrected chi connectivity index (χ0v) is 20.4. The lowest BCUT2D eigenvalue weighted by Gasteiger charge is -2.37. The molecule has 0 aromatic heterocycles. The third-order valence-corrected chi connectivity index (χ3v) is 6.87. The Balaban J connectivity index is 1.72. The minimum absolute atomic E-state index is 0.00712. The van der Waals surface area contributed by atoms with Crippen LogP contribution in [0, 0.1) is 16.7 Å². The second-order valence-corrected chi connectivity index (χ2v) is 9.10. The summed E-state index contributed by atoms with van der Waals surface area (Å²) in [7, 11) is 1.67. The molecule has 3 aliphatic heterocycles. The van der Waals surface area contributed by atoms with Crippen molar-refractivity contribution in [3.05, 3.63) is 46.3 Å². The largest absolute Gasteiger partial charge is 0.404 e. The first kappa shape index (κ1) is 24.5. The first-order chi connectivity index (χ1) is 17.0. The van der Waals surface area contributed by atoms with E-state index in [1.54, 1.807) is 25.1 Å². The van der Waals surface area contributed by atoms with Crippen LogP contribution >= 0.6 is 0 Å². The number of nitrogens with two attached hydrogens (primary N) is 1. The van der Waals surface area contributed by atoms with Gasteiger partial charge in [-0.2, -0.15) is 5.26 Å². The Morgan fingerprint density at radius 2 is 2.20 bits per heavy atom. The number of amides is 1. The number of ether oxygens (including phenoxy) is 1. The molecule has 0 bridgehead atoms. The maximum Gasteiger partial charge on any atom is 0.219 e. The van der Waals surface area contributed by atoms with Gasteiger partial charge in [-0.1, -0.05) is 0 Å². The molecule has 3 heterocycles. The average molecular weight is 476 g/mol. The number of aryl methyl sites for hydroxylation is 1. The normalized spacial score (nSPS) is 20.7. The van der Waals surface area contributed by atoms with Crippen LogP contribution in [0.1, 0.15) is 42.9 Å². The molecule has 1 atom stereocenters. The van der Waals surface area contributed by atoms with Crippen molar-refractivity contribution in [1.29, 1.82) is 10.7 Å². The fourth-order valence-electron chi connectivity index (χ4n) is 5.00. The molecular weight excluding hydrogens is 442 g/mol. The van der Waals surface area contributed by atoms with Crippen molar-refractivity contribution >= 4 is 29.2 Å². The van der Waals surface area contributed by atoms with Gasteiger partial charge in [0.05, 0.1) is 30.8 Å². The summed E-state index contributed by atoms with van der Waals surface area (Å²) in [6.07, 6.45) is 6.46. The van der Waals surface area contributed by atoms with E-state index in [4.69, 9.17) is 10.5 Å². The van der Waals surface area contributed by atoms with Gasteiger partial charge in [0.15, 0.2) is 0 Å². The van der Waals surface area contributed by atoms with E-state index in [2.05, 4.69) is 16.4 Å². The molecule has 0 aliphatic carbocycles. The molecule has 0 spiro atoms. The molecule has 35 heavy (non-hydrogen) atoms. The lowest BCUT2D eigenvalue weighted by Crippen LogP contribution is -2.46. The second kappa shape index (κ2) is 10.7. The minimum atomic E-state index is 0.00712. The van der Waals surface area contributed by atoms with Gasteiger partial charge in [-0.15, -0.1) is 0 Å². The summed E-state index contributed by atoms with van der Waals surface area (Å²) in [6, 6.07) is 6.37. The van der Waals surface area contributed by atoms with E-state index in [0.717, 1.165) is 54.0 Å². The van der Waals surface area contributed by atoms with Crippen LogP contribution in [0.4, 0.5) is 5.69 Å². The molecule has 4 N–H and O–H groups in total. The minimum Gasteiger partial charge on any atom is -0.404 e. The Labute approximate surface area is 206 Å². The molecule has 0 saturated carbocycles. The van der Waals surface area contributed by atoms with Crippen molar-refractivity contribution < 1.29 is 9.53 Å². The Morgan fingerprint density at radius 1 is 1.37 bits per heavy atom. The number of hydrogen-bond acceptors (Lipinski definition) is 7. The fourth-order valence-corrected chi connectivity index (χ4v) is 5.00. The smallest absolute Gasteiger partial charge is 0.219 e. The number of hydrogen-bond donors (Lipinski definition) is 3. The number of carbonyl (C=O) groups excluding carboxylic acids is 1. The first-order valence-corrected chi connectivity index (χ1v) is 12.1. The number of anilines is 1. The number of allylic oxidation sites excluding steroid dienone is 1. The van der Waals surface area contributed by atoms with E-state index in [1.165, 1.54) is 6.20 Å². The van der Waals surface area contributed by atoms with Gasteiger partial charge in [0.2, 0.25) is 5.91 Å². The number of amidine groups is 1. The van der Waals surface area contributed by atoms with Crippen molar-refractivity contribution in [3.8, 4) is 6.07 Å². The zero-order valence-electron chi connectivity index (χ0n) is 20.4. The van der Waals surface area contributed by atoms with Crippen LogP contribution in [0.3, 0.4) is 0 Å². The lowest BCUT2D eigenvalue weighted by atomic mass is 9.92. The Hall–Kier alpha value is -3.64. The maximum atomic E-state index is 12.2. The fraction of sp³-hybridized carbons (Fsp3) is 0.462. The summed E-state index contributed by atoms with van der Waals surface area (Å²) < 4.78 is 5.53. The van der Waals surface area contributed by atoms with Gasteiger partial charge in [0.25, 0.3) is 0 Å². The molecule has 0 unspecified atom stereocenters. The zero-order chi connectivity index (χ0) is 24.9. The second-order valence-electron chi connectivity index (χ2n) is 9.10. The van der Waals surface area contributed by atoms with Crippen LogP contribution in [0.2, 0.25) is 0 Å². The summed E-state index contributed by atoms with van der Waals surface area (Å²) in [4.78, 5) is 20.0. The van der Waals surface area contributed by atoms with Crippen molar-refractivity contribution in [2.45, 2.75) is 38.6 Å². The third kappa shape index (κ3) is 5.08. The van der Waals surface area contributed by atoms with Gasteiger partial charge in [-0.25, -0.2) is 0 Å². The number of nitriles is 1. The summed E-state index contributed by atoms with van der Waals surface area (Å²) in [5.74, 6) is 0.382. The molecule has 0 radical (unpaired) electrons. The van der Waals surface area contributed by atoms with Gasteiger partial charge < -0.3 is 25.6 Å². The van der Waals surface area contributed by atoms with Gasteiger partial charge in [0, 0.05) is 80.6 Å². The van der Waals surface area contributed by atoms with E-state index in [0.29, 0.717) is 49.6 Å². The van der Waals surface area contributed by atoms with Crippen molar-refractivity contribution in [3.63, 3.8) is 0 Å². The van der Waals surface area contributed by atoms with Crippen molar-refractivity contribution in [2.24, 2.45) is 10.7 Å². The monoisotopic (exact) mass is 475 g/mol. The predicted octanol–water partition coefficient (Wildman–Crippen LogP) is 2.17. The Kier molecular flexibility index (Phi) is 7.51. The maximum absolute atomic E-state index is 12.2.